The van der Waals surface area contributed by atoms with Gasteiger partial charge < -0.3 is 20.2 Å². The van der Waals surface area contributed by atoms with E-state index in [2.05, 4.69) is 15.3 Å². The fourth-order valence-electron chi connectivity index (χ4n) is 5.35. The van der Waals surface area contributed by atoms with Gasteiger partial charge in [-0.05, 0) is 37.8 Å². The summed E-state index contributed by atoms with van der Waals surface area (Å²) in [5.74, 6) is -0.284. The van der Waals surface area contributed by atoms with Gasteiger partial charge in [0.2, 0.25) is 11.8 Å². The van der Waals surface area contributed by atoms with Crippen molar-refractivity contribution >= 4 is 34.9 Å². The molecular weight excluding hydrogens is 466 g/mol. The van der Waals surface area contributed by atoms with Crippen molar-refractivity contribution in [3.63, 3.8) is 0 Å². The lowest BCUT2D eigenvalue weighted by Gasteiger charge is -2.32. The third-order valence-electron chi connectivity index (χ3n) is 7.32. The summed E-state index contributed by atoms with van der Waals surface area (Å²) in [6, 6.07) is 6.68. The van der Waals surface area contributed by atoms with Crippen LogP contribution < -0.4 is 5.32 Å². The smallest absolute Gasteiger partial charge is 0.277 e. The molecule has 3 amide bonds. The van der Waals surface area contributed by atoms with Gasteiger partial charge in [0, 0.05) is 26.4 Å². The summed E-state index contributed by atoms with van der Waals surface area (Å²) in [5.41, 5.74) is 3.50. The van der Waals surface area contributed by atoms with E-state index >= 15 is 0 Å². The maximum absolute atomic E-state index is 13.4. The molecule has 0 aliphatic carbocycles. The summed E-state index contributed by atoms with van der Waals surface area (Å²) < 4.78 is 0. The number of aliphatic hydroxyl groups excluding tert-OH is 1. The van der Waals surface area contributed by atoms with Gasteiger partial charge in [-0.25, -0.2) is 4.98 Å². The highest BCUT2D eigenvalue weighted by atomic mass is 32.1. The summed E-state index contributed by atoms with van der Waals surface area (Å²) in [6.07, 6.45) is 0.936. The van der Waals surface area contributed by atoms with Gasteiger partial charge in [0.15, 0.2) is 0 Å². The molecule has 9 nitrogen and oxygen atoms in total. The van der Waals surface area contributed by atoms with E-state index in [1.54, 1.807) is 28.1 Å². The number of nitrogens with zero attached hydrogens (tertiary/aromatic N) is 4. The largest absolute Gasteiger partial charge is 0.391 e. The fourth-order valence-corrected chi connectivity index (χ4v) is 6.17. The first kappa shape index (κ1) is 23.6. The molecule has 10 heteroatoms. The van der Waals surface area contributed by atoms with Crippen LogP contribution in [0.4, 0.5) is 0 Å². The Labute approximate surface area is 207 Å². The number of hydrogen-bond acceptors (Lipinski definition) is 7. The van der Waals surface area contributed by atoms with E-state index in [0.29, 0.717) is 18.8 Å². The van der Waals surface area contributed by atoms with Gasteiger partial charge >= 0.3 is 0 Å². The molecule has 2 saturated heterocycles. The van der Waals surface area contributed by atoms with Gasteiger partial charge in [-0.15, -0.1) is 11.3 Å². The number of thiazole rings is 1. The minimum atomic E-state index is -1.07. The van der Waals surface area contributed by atoms with Gasteiger partial charge in [0.05, 0.1) is 28.2 Å². The average Bonchev–Trinajstić information content (AvgIpc) is 3.61. The number of likely N-dealkylation sites (tertiary alicyclic amines) is 2. The number of carbonyl (C=O) groups is 3. The lowest BCUT2D eigenvalue weighted by atomic mass is 9.91. The number of β-amino-alcohol motifs (C(OH)–C–C–N with tert-alkyl or cyclic N) is 1. The third kappa shape index (κ3) is 4.04. The molecular formula is C25H29N5O4S. The molecule has 35 heavy (non-hydrogen) atoms. The van der Waals surface area contributed by atoms with Crippen LogP contribution in [0.2, 0.25) is 0 Å². The number of amides is 3. The first-order valence-corrected chi connectivity index (χ1v) is 12.7. The number of aliphatic hydroxyl groups is 1. The molecule has 4 atom stereocenters. The molecule has 0 saturated carbocycles. The van der Waals surface area contributed by atoms with Gasteiger partial charge in [-0.1, -0.05) is 24.3 Å². The standard InChI is InChI=1S/C25H29N5O4S/c1-14-21(35-13-26-14)16-6-8-17(9-7-16)25(3)24(34)27-22(28-25)20-11-18(32)12-30(20)23(33)19-5-4-10-29(19)15(2)31/h6-9,13,18-20,32H,4-5,10-12H2,1-3H3,(H,27,28,34)/t18-,19+,20-,25+/m1/s1. The molecule has 4 heterocycles. The van der Waals surface area contributed by atoms with Crippen LogP contribution in [-0.4, -0.2) is 74.7 Å². The maximum atomic E-state index is 13.4. The number of hydrogen-bond donors (Lipinski definition) is 2. The Balaban J connectivity index is 1.37. The molecule has 184 valence electrons. The summed E-state index contributed by atoms with van der Waals surface area (Å²) in [6.45, 7) is 5.92. The molecule has 3 aliphatic rings. The van der Waals surface area contributed by atoms with E-state index in [-0.39, 0.29) is 30.7 Å². The number of aromatic nitrogens is 1. The monoisotopic (exact) mass is 495 g/mol. The summed E-state index contributed by atoms with van der Waals surface area (Å²) in [4.78, 5) is 51.4. The molecule has 2 N–H and O–H groups in total. The Kier molecular flexibility index (Phi) is 5.96. The average molecular weight is 496 g/mol. The quantitative estimate of drug-likeness (QED) is 0.669. The van der Waals surface area contributed by atoms with Gasteiger partial charge in [-0.3, -0.25) is 14.4 Å². The van der Waals surface area contributed by atoms with E-state index in [9.17, 15) is 19.5 Å². The number of nitrogens with one attached hydrogen (secondary N) is 1. The zero-order valence-corrected chi connectivity index (χ0v) is 20.8. The molecule has 3 aliphatic heterocycles. The predicted molar refractivity (Wildman–Crippen MR) is 132 cm³/mol. The minimum Gasteiger partial charge on any atom is -0.391 e. The van der Waals surface area contributed by atoms with Gasteiger partial charge in [0.1, 0.15) is 17.4 Å². The van der Waals surface area contributed by atoms with Crippen LogP contribution in [0, 0.1) is 6.92 Å². The lowest BCUT2D eigenvalue weighted by Crippen LogP contribution is -2.54. The van der Waals surface area contributed by atoms with E-state index in [1.165, 1.54) is 6.92 Å². The van der Waals surface area contributed by atoms with Crippen LogP contribution in [0.3, 0.4) is 0 Å². The third-order valence-corrected chi connectivity index (χ3v) is 8.30. The molecule has 5 rings (SSSR count). The first-order valence-electron chi connectivity index (χ1n) is 11.9. The fraction of sp³-hybridized carbons (Fsp3) is 0.480. The SMILES string of the molecule is CC(=O)N1CCC[C@H]1C(=O)N1C[C@H](O)C[C@@H]1C1=NC(=O)[C@](C)(c2ccc(-c3scnc3C)cc2)N1. The number of carbonyl (C=O) groups excluding carboxylic acids is 3. The highest BCUT2D eigenvalue weighted by molar-refractivity contribution is 7.13. The Hall–Kier alpha value is -3.11. The highest BCUT2D eigenvalue weighted by Crippen LogP contribution is 2.34. The van der Waals surface area contributed by atoms with E-state index in [0.717, 1.165) is 28.1 Å². The van der Waals surface area contributed by atoms with Crippen LogP contribution >= 0.6 is 11.3 Å². The molecule has 2 aromatic rings. The number of benzene rings is 1. The number of aliphatic imine (C=N–C) groups is 1. The highest BCUT2D eigenvalue weighted by Gasteiger charge is 2.48. The number of rotatable bonds is 4. The molecule has 0 bridgehead atoms. The van der Waals surface area contributed by atoms with Crippen LogP contribution in [0.25, 0.3) is 10.4 Å². The molecule has 1 aromatic carbocycles. The van der Waals surface area contributed by atoms with Crippen LogP contribution in [0.1, 0.15) is 44.4 Å². The molecule has 2 fully saturated rings. The topological polar surface area (TPSA) is 115 Å². The Morgan fingerprint density at radius 3 is 2.63 bits per heavy atom. The van der Waals surface area contributed by atoms with Crippen molar-refractivity contribution in [1.29, 1.82) is 0 Å². The van der Waals surface area contributed by atoms with Crippen LogP contribution in [0.15, 0.2) is 34.8 Å². The lowest BCUT2D eigenvalue weighted by molar-refractivity contribution is -0.142. The first-order chi connectivity index (χ1) is 16.7. The Bertz CT molecular complexity index is 1210. The molecule has 1 aromatic heterocycles. The number of amidine groups is 1. The van der Waals surface area contributed by atoms with E-state index in [4.69, 9.17) is 0 Å². The van der Waals surface area contributed by atoms with Crippen molar-refractivity contribution in [2.45, 2.75) is 63.8 Å². The van der Waals surface area contributed by atoms with Crippen molar-refractivity contribution in [3.05, 3.63) is 41.0 Å². The van der Waals surface area contributed by atoms with Gasteiger partial charge in [0.25, 0.3) is 5.91 Å². The molecule has 0 unspecified atom stereocenters. The zero-order chi connectivity index (χ0) is 24.9. The van der Waals surface area contributed by atoms with Gasteiger partial charge in [-0.2, -0.15) is 4.99 Å². The Morgan fingerprint density at radius 2 is 1.97 bits per heavy atom. The van der Waals surface area contributed by atoms with Crippen LogP contribution in [0.5, 0.6) is 0 Å². The molecule has 0 radical (unpaired) electrons. The molecule has 0 spiro atoms. The van der Waals surface area contributed by atoms with E-state index < -0.39 is 23.7 Å². The predicted octanol–water partition coefficient (Wildman–Crippen LogP) is 1.83. The minimum absolute atomic E-state index is 0.131. The van der Waals surface area contributed by atoms with Crippen molar-refractivity contribution in [3.8, 4) is 10.4 Å². The van der Waals surface area contributed by atoms with E-state index in [1.807, 2.05) is 36.7 Å². The number of aryl methyl sites for hydroxylation is 1. The Morgan fingerprint density at radius 1 is 1.23 bits per heavy atom. The van der Waals surface area contributed by atoms with Crippen molar-refractivity contribution in [2.75, 3.05) is 13.1 Å². The normalized spacial score (nSPS) is 28.4. The summed E-state index contributed by atoms with van der Waals surface area (Å²) in [7, 11) is 0. The van der Waals surface area contributed by atoms with Crippen molar-refractivity contribution in [1.82, 2.24) is 20.1 Å². The van der Waals surface area contributed by atoms with Crippen molar-refractivity contribution in [2.24, 2.45) is 4.99 Å². The summed E-state index contributed by atoms with van der Waals surface area (Å²) >= 11 is 1.57. The zero-order valence-electron chi connectivity index (χ0n) is 20.0. The van der Waals surface area contributed by atoms with Crippen molar-refractivity contribution < 1.29 is 19.5 Å². The second-order valence-electron chi connectivity index (χ2n) is 9.66. The second kappa shape index (κ2) is 8.83. The second-order valence-corrected chi connectivity index (χ2v) is 10.5. The maximum Gasteiger partial charge on any atom is 0.277 e. The van der Waals surface area contributed by atoms with Crippen LogP contribution in [-0.2, 0) is 19.9 Å². The summed E-state index contributed by atoms with van der Waals surface area (Å²) in [5, 5.41) is 13.7.